The Morgan fingerprint density at radius 1 is 1.22 bits per heavy atom. The Labute approximate surface area is 146 Å². The number of thioether (sulfide) groups is 1. The van der Waals surface area contributed by atoms with Crippen LogP contribution in [-0.4, -0.2) is 35.9 Å². The van der Waals surface area contributed by atoms with Crippen molar-refractivity contribution in [3.8, 4) is 11.5 Å². The molecule has 124 valence electrons. The fourth-order valence-electron chi connectivity index (χ4n) is 2.31. The summed E-state index contributed by atoms with van der Waals surface area (Å²) in [5.41, 5.74) is 0.886. The molecule has 1 aromatic rings. The lowest BCUT2D eigenvalue weighted by atomic mass is 10.2. The quantitative estimate of drug-likeness (QED) is 0.420. The third kappa shape index (κ3) is 4.26. The highest BCUT2D eigenvalue weighted by molar-refractivity contribution is 8.26. The molecule has 0 saturated carbocycles. The Morgan fingerprint density at radius 2 is 1.96 bits per heavy atom. The van der Waals surface area contributed by atoms with Gasteiger partial charge in [-0.2, -0.15) is 0 Å². The monoisotopic (exact) mass is 351 g/mol. The van der Waals surface area contributed by atoms with Gasteiger partial charge in [-0.05, 0) is 30.2 Å². The second-order valence-corrected chi connectivity index (χ2v) is 6.83. The van der Waals surface area contributed by atoms with E-state index in [2.05, 4.69) is 6.92 Å². The largest absolute Gasteiger partial charge is 0.493 e. The van der Waals surface area contributed by atoms with Crippen molar-refractivity contribution in [2.24, 2.45) is 0 Å². The third-order valence-corrected chi connectivity index (χ3v) is 4.94. The van der Waals surface area contributed by atoms with Crippen LogP contribution in [0.25, 0.3) is 6.08 Å². The topological polar surface area (TPSA) is 38.8 Å². The molecule has 4 nitrogen and oxygen atoms in total. The van der Waals surface area contributed by atoms with E-state index in [0.717, 1.165) is 24.8 Å². The number of amides is 1. The van der Waals surface area contributed by atoms with E-state index in [1.54, 1.807) is 19.1 Å². The van der Waals surface area contributed by atoms with Gasteiger partial charge in [-0.15, -0.1) is 0 Å². The predicted octanol–water partition coefficient (Wildman–Crippen LogP) is 4.10. The number of unbranched alkanes of at least 4 members (excludes halogenated alkanes) is 2. The first-order valence-electron chi connectivity index (χ1n) is 7.58. The summed E-state index contributed by atoms with van der Waals surface area (Å²) < 4.78 is 11.2. The summed E-state index contributed by atoms with van der Waals surface area (Å²) in [5, 5.41) is 0. The molecule has 1 amide bonds. The van der Waals surface area contributed by atoms with E-state index in [4.69, 9.17) is 21.7 Å². The van der Waals surface area contributed by atoms with Crippen LogP contribution in [0, 0.1) is 0 Å². The van der Waals surface area contributed by atoms with E-state index in [9.17, 15) is 4.79 Å². The molecule has 1 heterocycles. The summed E-state index contributed by atoms with van der Waals surface area (Å²) >= 11 is 6.69. The standard InChI is InChI=1S/C17H21NO3S2/c1-4-5-6-9-18-16(19)15(23-17(18)22)11-12-7-8-13(20-2)14(10-12)21-3/h7-8,10-11H,4-6,9H2,1-3H3/b15-11+. The number of nitrogens with zero attached hydrogens (tertiary/aromatic N) is 1. The lowest BCUT2D eigenvalue weighted by Gasteiger charge is -2.13. The molecule has 0 atom stereocenters. The highest BCUT2D eigenvalue weighted by atomic mass is 32.2. The molecule has 0 N–H and O–H groups in total. The predicted molar refractivity (Wildman–Crippen MR) is 99.0 cm³/mol. The molecule has 0 unspecified atom stereocenters. The number of benzene rings is 1. The third-order valence-electron chi connectivity index (χ3n) is 3.56. The van der Waals surface area contributed by atoms with E-state index in [1.807, 2.05) is 24.3 Å². The zero-order chi connectivity index (χ0) is 16.8. The van der Waals surface area contributed by atoms with Crippen LogP contribution in [0.15, 0.2) is 23.1 Å². The summed E-state index contributed by atoms with van der Waals surface area (Å²) in [6, 6.07) is 5.57. The van der Waals surface area contributed by atoms with Gasteiger partial charge < -0.3 is 9.47 Å². The molecule has 0 aliphatic carbocycles. The molecule has 23 heavy (non-hydrogen) atoms. The fourth-order valence-corrected chi connectivity index (χ4v) is 3.62. The van der Waals surface area contributed by atoms with E-state index in [1.165, 1.54) is 11.8 Å². The van der Waals surface area contributed by atoms with Crippen LogP contribution < -0.4 is 9.47 Å². The smallest absolute Gasteiger partial charge is 0.266 e. The van der Waals surface area contributed by atoms with Crippen LogP contribution >= 0.6 is 24.0 Å². The Hall–Kier alpha value is -1.53. The average Bonchev–Trinajstić information content (AvgIpc) is 2.82. The molecule has 2 rings (SSSR count). The van der Waals surface area contributed by atoms with Gasteiger partial charge in [0.2, 0.25) is 0 Å². The zero-order valence-electron chi connectivity index (χ0n) is 13.6. The molecule has 1 aliphatic heterocycles. The molecule has 1 aromatic carbocycles. The molecule has 0 spiro atoms. The first-order chi connectivity index (χ1) is 11.1. The summed E-state index contributed by atoms with van der Waals surface area (Å²) in [6.45, 7) is 2.84. The van der Waals surface area contributed by atoms with E-state index in [0.29, 0.717) is 27.3 Å². The minimum atomic E-state index is -0.00844. The van der Waals surface area contributed by atoms with Crippen molar-refractivity contribution in [1.29, 1.82) is 0 Å². The maximum Gasteiger partial charge on any atom is 0.266 e. The van der Waals surface area contributed by atoms with E-state index >= 15 is 0 Å². The summed E-state index contributed by atoms with van der Waals surface area (Å²) in [6.07, 6.45) is 5.05. The first-order valence-corrected chi connectivity index (χ1v) is 8.80. The normalized spacial score (nSPS) is 16.3. The Kier molecular flexibility index (Phi) is 6.47. The molecular weight excluding hydrogens is 330 g/mol. The van der Waals surface area contributed by atoms with Crippen LogP contribution in [-0.2, 0) is 4.79 Å². The molecule has 1 aliphatic rings. The highest BCUT2D eigenvalue weighted by Gasteiger charge is 2.31. The Bertz CT molecular complexity index is 628. The molecular formula is C17H21NO3S2. The number of hydrogen-bond donors (Lipinski definition) is 0. The number of hydrogen-bond acceptors (Lipinski definition) is 5. The minimum Gasteiger partial charge on any atom is -0.493 e. The minimum absolute atomic E-state index is 0.00844. The number of rotatable bonds is 7. The maximum absolute atomic E-state index is 12.5. The van der Waals surface area contributed by atoms with Gasteiger partial charge in [-0.25, -0.2) is 0 Å². The van der Waals surface area contributed by atoms with Gasteiger partial charge in [0.25, 0.3) is 5.91 Å². The van der Waals surface area contributed by atoms with Crippen molar-refractivity contribution in [2.45, 2.75) is 26.2 Å². The number of ether oxygens (including phenoxy) is 2. The number of methoxy groups -OCH3 is 2. The van der Waals surface area contributed by atoms with Crippen molar-refractivity contribution in [3.63, 3.8) is 0 Å². The second kappa shape index (κ2) is 8.36. The van der Waals surface area contributed by atoms with Gasteiger partial charge in [-0.3, -0.25) is 9.69 Å². The zero-order valence-corrected chi connectivity index (χ0v) is 15.3. The van der Waals surface area contributed by atoms with Crippen LogP contribution in [0.3, 0.4) is 0 Å². The van der Waals surface area contributed by atoms with Crippen LogP contribution in [0.1, 0.15) is 31.7 Å². The van der Waals surface area contributed by atoms with Crippen molar-refractivity contribution in [1.82, 2.24) is 4.90 Å². The molecule has 0 bridgehead atoms. The van der Waals surface area contributed by atoms with Gasteiger partial charge in [0.1, 0.15) is 4.32 Å². The fraction of sp³-hybridized carbons (Fsp3) is 0.412. The lowest BCUT2D eigenvalue weighted by molar-refractivity contribution is -0.122. The maximum atomic E-state index is 12.5. The number of thiocarbonyl (C=S) groups is 1. The SMILES string of the molecule is CCCCCN1C(=O)/C(=C\c2ccc(OC)c(OC)c2)SC1=S. The van der Waals surface area contributed by atoms with Crippen molar-refractivity contribution >= 4 is 40.3 Å². The summed E-state index contributed by atoms with van der Waals surface area (Å²) in [7, 11) is 3.19. The van der Waals surface area contributed by atoms with Gasteiger partial charge >= 0.3 is 0 Å². The average molecular weight is 351 g/mol. The highest BCUT2D eigenvalue weighted by Crippen LogP contribution is 2.34. The van der Waals surface area contributed by atoms with Crippen LogP contribution in [0.5, 0.6) is 11.5 Å². The lowest BCUT2D eigenvalue weighted by Crippen LogP contribution is -2.28. The molecule has 1 fully saturated rings. The van der Waals surface area contributed by atoms with Gasteiger partial charge in [0.05, 0.1) is 19.1 Å². The Morgan fingerprint density at radius 3 is 2.61 bits per heavy atom. The van der Waals surface area contributed by atoms with Crippen molar-refractivity contribution in [2.75, 3.05) is 20.8 Å². The summed E-state index contributed by atoms with van der Waals surface area (Å²) in [4.78, 5) is 14.8. The number of carbonyl (C=O) groups is 1. The second-order valence-electron chi connectivity index (χ2n) is 5.15. The first kappa shape index (κ1) is 17.8. The molecule has 1 saturated heterocycles. The van der Waals surface area contributed by atoms with Gasteiger partial charge in [0.15, 0.2) is 11.5 Å². The summed E-state index contributed by atoms with van der Waals surface area (Å²) in [5.74, 6) is 1.29. The van der Waals surface area contributed by atoms with Gasteiger partial charge in [0, 0.05) is 6.54 Å². The van der Waals surface area contributed by atoms with Crippen LogP contribution in [0.4, 0.5) is 0 Å². The molecule has 0 aromatic heterocycles. The van der Waals surface area contributed by atoms with Crippen molar-refractivity contribution < 1.29 is 14.3 Å². The van der Waals surface area contributed by atoms with E-state index < -0.39 is 0 Å². The van der Waals surface area contributed by atoms with Crippen molar-refractivity contribution in [3.05, 3.63) is 28.7 Å². The van der Waals surface area contributed by atoms with Crippen LogP contribution in [0.2, 0.25) is 0 Å². The van der Waals surface area contributed by atoms with Gasteiger partial charge in [-0.1, -0.05) is 49.8 Å². The van der Waals surface area contributed by atoms with E-state index in [-0.39, 0.29) is 5.91 Å². The Balaban J connectivity index is 2.17. The molecule has 0 radical (unpaired) electrons. The number of carbonyl (C=O) groups excluding carboxylic acids is 1. The molecule has 6 heteroatoms.